The van der Waals surface area contributed by atoms with Crippen molar-refractivity contribution >= 4 is 11.6 Å². The Morgan fingerprint density at radius 1 is 1.04 bits per heavy atom. The van der Waals surface area contributed by atoms with E-state index in [1.807, 2.05) is 34.9 Å². The van der Waals surface area contributed by atoms with Crippen molar-refractivity contribution in [1.29, 1.82) is 0 Å². The Balaban J connectivity index is 1.28. The molecule has 0 atom stereocenters. The second-order valence-electron chi connectivity index (χ2n) is 7.71. The Morgan fingerprint density at radius 2 is 1.89 bits per heavy atom. The number of anilines is 1. The lowest BCUT2D eigenvalue weighted by Gasteiger charge is -2.30. The highest BCUT2D eigenvalue weighted by atomic mass is 16.1. The summed E-state index contributed by atoms with van der Waals surface area (Å²) in [6.45, 7) is 0. The van der Waals surface area contributed by atoms with E-state index in [1.165, 1.54) is 12.8 Å². The van der Waals surface area contributed by atoms with Crippen LogP contribution < -0.4 is 10.9 Å². The average Bonchev–Trinajstić information content (AvgIpc) is 3.11. The van der Waals surface area contributed by atoms with Gasteiger partial charge in [-0.1, -0.05) is 6.07 Å². The van der Waals surface area contributed by atoms with Crippen LogP contribution in [0.5, 0.6) is 0 Å². The van der Waals surface area contributed by atoms with Crippen LogP contribution in [0.4, 0.5) is 5.95 Å². The molecule has 0 saturated heterocycles. The number of nitrogens with zero attached hydrogens (tertiary/aromatic N) is 5. The van der Waals surface area contributed by atoms with Crippen molar-refractivity contribution in [2.45, 2.75) is 63.5 Å². The molecule has 0 bridgehead atoms. The van der Waals surface area contributed by atoms with Crippen LogP contribution in [0, 0.1) is 0 Å². The third kappa shape index (κ3) is 3.11. The SMILES string of the molecule is O=c1cc2c(nn1C1CCC(Nc3nnc4ccccn34)CC1)CCCC2. The first-order chi connectivity index (χ1) is 13.3. The van der Waals surface area contributed by atoms with Crippen LogP contribution in [-0.4, -0.2) is 30.4 Å². The van der Waals surface area contributed by atoms with Gasteiger partial charge in [-0.25, -0.2) is 4.68 Å². The molecule has 0 spiro atoms. The van der Waals surface area contributed by atoms with Crippen LogP contribution in [0.25, 0.3) is 5.65 Å². The molecule has 0 aliphatic heterocycles. The summed E-state index contributed by atoms with van der Waals surface area (Å²) in [5.74, 6) is 0.790. The van der Waals surface area contributed by atoms with E-state index >= 15 is 0 Å². The van der Waals surface area contributed by atoms with Gasteiger partial charge < -0.3 is 5.32 Å². The number of pyridine rings is 1. The average molecular weight is 364 g/mol. The second kappa shape index (κ2) is 6.79. The third-order valence-electron chi connectivity index (χ3n) is 5.92. The lowest BCUT2D eigenvalue weighted by Crippen LogP contribution is -2.34. The molecule has 0 unspecified atom stereocenters. The van der Waals surface area contributed by atoms with Crippen molar-refractivity contribution in [2.75, 3.05) is 5.32 Å². The first-order valence-electron chi connectivity index (χ1n) is 9.96. The molecule has 1 fully saturated rings. The van der Waals surface area contributed by atoms with Gasteiger partial charge in [0.1, 0.15) is 0 Å². The van der Waals surface area contributed by atoms with Crippen molar-refractivity contribution in [1.82, 2.24) is 24.4 Å². The second-order valence-corrected chi connectivity index (χ2v) is 7.71. The number of hydrogen-bond donors (Lipinski definition) is 1. The molecule has 0 amide bonds. The molecule has 0 radical (unpaired) electrons. The summed E-state index contributed by atoms with van der Waals surface area (Å²) < 4.78 is 3.73. The van der Waals surface area contributed by atoms with Crippen molar-refractivity contribution in [3.63, 3.8) is 0 Å². The van der Waals surface area contributed by atoms with Gasteiger partial charge in [-0.05, 0) is 69.1 Å². The summed E-state index contributed by atoms with van der Waals surface area (Å²) in [6.07, 6.45) is 10.2. The topological polar surface area (TPSA) is 77.1 Å². The Bertz CT molecular complexity index is 1010. The summed E-state index contributed by atoms with van der Waals surface area (Å²) in [6, 6.07) is 8.27. The van der Waals surface area contributed by atoms with Gasteiger partial charge in [-0.3, -0.25) is 9.20 Å². The Hall–Kier alpha value is -2.70. The van der Waals surface area contributed by atoms with Gasteiger partial charge in [0.15, 0.2) is 5.65 Å². The Kier molecular flexibility index (Phi) is 4.14. The van der Waals surface area contributed by atoms with Gasteiger partial charge in [0.05, 0.1) is 11.7 Å². The molecule has 3 heterocycles. The number of fused-ring (bicyclic) bond motifs is 2. The van der Waals surface area contributed by atoms with E-state index in [0.29, 0.717) is 6.04 Å². The number of rotatable bonds is 3. The molecule has 3 aromatic heterocycles. The lowest BCUT2D eigenvalue weighted by atomic mass is 9.91. The van der Waals surface area contributed by atoms with E-state index in [9.17, 15) is 4.79 Å². The standard InChI is InChI=1S/C20H24N6O/c27-19-13-14-5-1-2-6-17(14)24-26(19)16-10-8-15(9-11-16)21-20-23-22-18-7-3-4-12-25(18)20/h3-4,7,12-13,15-16H,1-2,5-6,8-11H2,(H,21,23). The highest BCUT2D eigenvalue weighted by Crippen LogP contribution is 2.29. The molecule has 7 heteroatoms. The Morgan fingerprint density at radius 3 is 2.78 bits per heavy atom. The monoisotopic (exact) mass is 364 g/mol. The van der Waals surface area contributed by atoms with Gasteiger partial charge in [0.25, 0.3) is 5.56 Å². The number of aryl methyl sites for hydroxylation is 2. The van der Waals surface area contributed by atoms with Crippen LogP contribution >= 0.6 is 0 Å². The van der Waals surface area contributed by atoms with Crippen LogP contribution in [0.15, 0.2) is 35.3 Å². The van der Waals surface area contributed by atoms with Crippen LogP contribution in [-0.2, 0) is 12.8 Å². The number of hydrogen-bond acceptors (Lipinski definition) is 5. The van der Waals surface area contributed by atoms with Gasteiger partial charge in [0.2, 0.25) is 5.95 Å². The normalized spacial score (nSPS) is 22.5. The smallest absolute Gasteiger partial charge is 0.267 e. The molecule has 3 aromatic rings. The highest BCUT2D eigenvalue weighted by Gasteiger charge is 2.25. The molecular formula is C20H24N6O. The summed E-state index contributed by atoms with van der Waals surface area (Å²) in [4.78, 5) is 12.5. The van der Waals surface area contributed by atoms with Crippen molar-refractivity contribution < 1.29 is 0 Å². The van der Waals surface area contributed by atoms with Crippen LogP contribution in [0.2, 0.25) is 0 Å². The van der Waals surface area contributed by atoms with Crippen molar-refractivity contribution in [3.8, 4) is 0 Å². The van der Waals surface area contributed by atoms with E-state index < -0.39 is 0 Å². The van der Waals surface area contributed by atoms with Crippen LogP contribution in [0.3, 0.4) is 0 Å². The first kappa shape index (κ1) is 16.5. The molecular weight excluding hydrogens is 340 g/mol. The highest BCUT2D eigenvalue weighted by molar-refractivity contribution is 5.45. The molecule has 0 aromatic carbocycles. The van der Waals surface area contributed by atoms with Crippen molar-refractivity contribution in [3.05, 3.63) is 52.1 Å². The van der Waals surface area contributed by atoms with E-state index in [0.717, 1.165) is 61.4 Å². The van der Waals surface area contributed by atoms with Crippen molar-refractivity contribution in [2.24, 2.45) is 0 Å². The maximum absolute atomic E-state index is 12.5. The summed E-state index contributed by atoms with van der Waals surface area (Å²) >= 11 is 0. The minimum Gasteiger partial charge on any atom is -0.351 e. The van der Waals surface area contributed by atoms with E-state index in [1.54, 1.807) is 4.68 Å². The number of nitrogens with one attached hydrogen (secondary N) is 1. The first-order valence-corrected chi connectivity index (χ1v) is 9.96. The van der Waals surface area contributed by atoms with Gasteiger partial charge >= 0.3 is 0 Å². The quantitative estimate of drug-likeness (QED) is 0.773. The lowest BCUT2D eigenvalue weighted by molar-refractivity contribution is 0.299. The predicted octanol–water partition coefficient (Wildman–Crippen LogP) is 2.76. The fourth-order valence-corrected chi connectivity index (χ4v) is 4.43. The molecule has 1 saturated carbocycles. The molecule has 1 N–H and O–H groups in total. The zero-order valence-electron chi connectivity index (χ0n) is 15.3. The van der Waals surface area contributed by atoms with Gasteiger partial charge in [-0.2, -0.15) is 5.10 Å². The summed E-state index contributed by atoms with van der Waals surface area (Å²) in [7, 11) is 0. The molecule has 5 rings (SSSR count). The van der Waals surface area contributed by atoms with Gasteiger partial charge in [-0.15, -0.1) is 10.2 Å². The fourth-order valence-electron chi connectivity index (χ4n) is 4.43. The minimum absolute atomic E-state index is 0.0653. The molecule has 27 heavy (non-hydrogen) atoms. The fraction of sp³-hybridized carbons (Fsp3) is 0.500. The maximum Gasteiger partial charge on any atom is 0.267 e. The summed E-state index contributed by atoms with van der Waals surface area (Å²) in [5.41, 5.74) is 3.21. The van der Waals surface area contributed by atoms with E-state index in [4.69, 9.17) is 5.10 Å². The van der Waals surface area contributed by atoms with E-state index in [-0.39, 0.29) is 11.6 Å². The summed E-state index contributed by atoms with van der Waals surface area (Å²) in [5, 5.41) is 16.7. The zero-order chi connectivity index (χ0) is 18.2. The van der Waals surface area contributed by atoms with Gasteiger partial charge in [0, 0.05) is 18.3 Å². The zero-order valence-corrected chi connectivity index (χ0v) is 15.3. The predicted molar refractivity (Wildman–Crippen MR) is 103 cm³/mol. The molecule has 7 nitrogen and oxygen atoms in total. The number of aromatic nitrogens is 5. The molecule has 2 aliphatic carbocycles. The maximum atomic E-state index is 12.5. The largest absolute Gasteiger partial charge is 0.351 e. The molecule has 2 aliphatic rings. The Labute approximate surface area is 157 Å². The van der Waals surface area contributed by atoms with E-state index in [2.05, 4.69) is 15.5 Å². The third-order valence-corrected chi connectivity index (χ3v) is 5.92. The molecule has 140 valence electrons. The van der Waals surface area contributed by atoms with Crippen LogP contribution in [0.1, 0.15) is 55.8 Å². The minimum atomic E-state index is 0.0653.